The van der Waals surface area contributed by atoms with Crippen LogP contribution in [0.2, 0.25) is 0 Å². The van der Waals surface area contributed by atoms with Gasteiger partial charge < -0.3 is 10.6 Å². The van der Waals surface area contributed by atoms with Crippen LogP contribution in [-0.2, 0) is 4.79 Å². The van der Waals surface area contributed by atoms with Crippen LogP contribution in [0.1, 0.15) is 23.2 Å². The van der Waals surface area contributed by atoms with Gasteiger partial charge >= 0.3 is 5.69 Å². The molecular formula is C13H14FN3O4. The maximum Gasteiger partial charge on any atom is 0.304 e. The second-order valence-electron chi connectivity index (χ2n) is 4.74. The highest BCUT2D eigenvalue weighted by molar-refractivity contribution is 5.94. The van der Waals surface area contributed by atoms with Gasteiger partial charge in [-0.2, -0.15) is 4.39 Å². The number of hydrogen-bond donors (Lipinski definition) is 2. The molecule has 1 aliphatic rings. The van der Waals surface area contributed by atoms with Crippen LogP contribution < -0.4 is 10.6 Å². The third-order valence-electron chi connectivity index (χ3n) is 3.06. The minimum absolute atomic E-state index is 0.00776. The molecule has 1 fully saturated rings. The molecule has 21 heavy (non-hydrogen) atoms. The SMILES string of the molecule is O=C(NCCNC(=O)C1CC1)c1ccc([N+](=O)[O-])c(F)c1. The summed E-state index contributed by atoms with van der Waals surface area (Å²) in [6, 6.07) is 2.94. The zero-order valence-electron chi connectivity index (χ0n) is 11.1. The third kappa shape index (κ3) is 3.98. The summed E-state index contributed by atoms with van der Waals surface area (Å²) in [5.74, 6) is -1.53. The normalized spacial score (nSPS) is 13.6. The summed E-state index contributed by atoms with van der Waals surface area (Å²) < 4.78 is 13.4. The van der Waals surface area contributed by atoms with E-state index in [1.807, 2.05) is 0 Å². The van der Waals surface area contributed by atoms with Crippen molar-refractivity contribution < 1.29 is 18.9 Å². The molecule has 0 atom stereocenters. The van der Waals surface area contributed by atoms with E-state index in [4.69, 9.17) is 0 Å². The molecule has 0 unspecified atom stereocenters. The molecule has 2 amide bonds. The van der Waals surface area contributed by atoms with Crippen molar-refractivity contribution in [3.05, 3.63) is 39.7 Å². The molecule has 0 saturated heterocycles. The number of rotatable bonds is 6. The van der Waals surface area contributed by atoms with Gasteiger partial charge in [-0.1, -0.05) is 0 Å². The van der Waals surface area contributed by atoms with E-state index in [0.29, 0.717) is 0 Å². The van der Waals surface area contributed by atoms with Crippen LogP contribution in [-0.4, -0.2) is 29.8 Å². The van der Waals surface area contributed by atoms with Crippen molar-refractivity contribution in [3.8, 4) is 0 Å². The number of halogens is 1. The molecule has 1 saturated carbocycles. The minimum atomic E-state index is -1.06. The third-order valence-corrected chi connectivity index (χ3v) is 3.06. The summed E-state index contributed by atoms with van der Waals surface area (Å²) in [6.45, 7) is 0.492. The van der Waals surface area contributed by atoms with E-state index >= 15 is 0 Å². The molecule has 112 valence electrons. The van der Waals surface area contributed by atoms with Gasteiger partial charge in [0.2, 0.25) is 11.7 Å². The van der Waals surface area contributed by atoms with E-state index in [0.717, 1.165) is 25.0 Å². The van der Waals surface area contributed by atoms with E-state index in [9.17, 15) is 24.1 Å². The van der Waals surface area contributed by atoms with Crippen LogP contribution in [0.3, 0.4) is 0 Å². The second kappa shape index (κ2) is 6.29. The summed E-state index contributed by atoms with van der Waals surface area (Å²) in [7, 11) is 0. The molecule has 0 aromatic heterocycles. The van der Waals surface area contributed by atoms with Crippen LogP contribution in [0.5, 0.6) is 0 Å². The summed E-state index contributed by atoms with van der Waals surface area (Å²) in [5.41, 5.74) is -0.685. The fourth-order valence-electron chi connectivity index (χ4n) is 1.75. The molecule has 8 heteroatoms. The quantitative estimate of drug-likeness (QED) is 0.464. The Labute approximate surface area is 119 Å². The first-order valence-electron chi connectivity index (χ1n) is 6.49. The number of hydrogen-bond acceptors (Lipinski definition) is 4. The lowest BCUT2D eigenvalue weighted by Gasteiger charge is -2.07. The van der Waals surface area contributed by atoms with Crippen LogP contribution >= 0.6 is 0 Å². The fourth-order valence-corrected chi connectivity index (χ4v) is 1.75. The number of nitro benzene ring substituents is 1. The minimum Gasteiger partial charge on any atom is -0.354 e. The Morgan fingerprint density at radius 1 is 1.29 bits per heavy atom. The molecule has 7 nitrogen and oxygen atoms in total. The first kappa shape index (κ1) is 14.9. The number of amides is 2. The first-order chi connectivity index (χ1) is 9.99. The maximum absolute atomic E-state index is 13.4. The van der Waals surface area contributed by atoms with E-state index in [1.54, 1.807) is 0 Å². The van der Waals surface area contributed by atoms with Crippen molar-refractivity contribution in [2.24, 2.45) is 5.92 Å². The fraction of sp³-hybridized carbons (Fsp3) is 0.385. The molecule has 2 N–H and O–H groups in total. The lowest BCUT2D eigenvalue weighted by Crippen LogP contribution is -2.35. The number of carbonyl (C=O) groups is 2. The summed E-state index contributed by atoms with van der Waals surface area (Å²) >= 11 is 0. The average Bonchev–Trinajstić information content (AvgIpc) is 3.27. The standard InChI is InChI=1S/C13H14FN3O4/c14-10-7-9(3-4-11(10)17(20)21)13(19)16-6-5-15-12(18)8-1-2-8/h3-4,7-8H,1-2,5-6H2,(H,15,18)(H,16,19). The van der Waals surface area contributed by atoms with Crippen LogP contribution in [0.15, 0.2) is 18.2 Å². The van der Waals surface area contributed by atoms with Gasteiger partial charge in [0, 0.05) is 30.6 Å². The average molecular weight is 295 g/mol. The molecule has 0 heterocycles. The van der Waals surface area contributed by atoms with Crippen molar-refractivity contribution in [3.63, 3.8) is 0 Å². The van der Waals surface area contributed by atoms with E-state index in [2.05, 4.69) is 10.6 Å². The van der Waals surface area contributed by atoms with Crippen molar-refractivity contribution in [2.75, 3.05) is 13.1 Å². The smallest absolute Gasteiger partial charge is 0.304 e. The Bertz CT molecular complexity index is 587. The first-order valence-corrected chi connectivity index (χ1v) is 6.49. The van der Waals surface area contributed by atoms with Gasteiger partial charge in [0.1, 0.15) is 0 Å². The second-order valence-corrected chi connectivity index (χ2v) is 4.74. The van der Waals surface area contributed by atoms with E-state index in [1.165, 1.54) is 6.07 Å². The Kier molecular flexibility index (Phi) is 4.46. The number of nitrogens with one attached hydrogen (secondary N) is 2. The summed E-state index contributed by atoms with van der Waals surface area (Å²) in [6.07, 6.45) is 1.81. The molecule has 2 rings (SSSR count). The monoisotopic (exact) mass is 295 g/mol. The number of nitrogens with zero attached hydrogens (tertiary/aromatic N) is 1. The lowest BCUT2D eigenvalue weighted by molar-refractivity contribution is -0.387. The summed E-state index contributed by atoms with van der Waals surface area (Å²) in [4.78, 5) is 32.6. The molecular weight excluding hydrogens is 281 g/mol. The zero-order chi connectivity index (χ0) is 15.4. The van der Waals surface area contributed by atoms with Crippen molar-refractivity contribution in [1.29, 1.82) is 0 Å². The van der Waals surface area contributed by atoms with E-state index in [-0.39, 0.29) is 30.5 Å². The Balaban J connectivity index is 1.81. The molecule has 1 aliphatic carbocycles. The van der Waals surface area contributed by atoms with Crippen LogP contribution in [0.4, 0.5) is 10.1 Å². The van der Waals surface area contributed by atoms with Gasteiger partial charge in [-0.15, -0.1) is 0 Å². The molecule has 0 bridgehead atoms. The summed E-state index contributed by atoms with van der Waals surface area (Å²) in [5, 5.41) is 15.6. The van der Waals surface area contributed by atoms with Crippen molar-refractivity contribution in [2.45, 2.75) is 12.8 Å². The Hall–Kier alpha value is -2.51. The largest absolute Gasteiger partial charge is 0.354 e. The zero-order valence-corrected chi connectivity index (χ0v) is 11.1. The van der Waals surface area contributed by atoms with Gasteiger partial charge in [-0.05, 0) is 25.0 Å². The molecule has 1 aromatic rings. The van der Waals surface area contributed by atoms with Gasteiger partial charge in [0.15, 0.2) is 0 Å². The molecule has 1 aromatic carbocycles. The van der Waals surface area contributed by atoms with Gasteiger partial charge in [-0.25, -0.2) is 0 Å². The van der Waals surface area contributed by atoms with Gasteiger partial charge in [-0.3, -0.25) is 19.7 Å². The number of carbonyl (C=O) groups excluding carboxylic acids is 2. The van der Waals surface area contributed by atoms with Crippen molar-refractivity contribution in [1.82, 2.24) is 10.6 Å². The molecule has 0 spiro atoms. The van der Waals surface area contributed by atoms with Gasteiger partial charge in [0.05, 0.1) is 4.92 Å². The van der Waals surface area contributed by atoms with Crippen molar-refractivity contribution >= 4 is 17.5 Å². The number of benzene rings is 1. The molecule has 0 radical (unpaired) electrons. The predicted molar refractivity (Wildman–Crippen MR) is 71.1 cm³/mol. The van der Waals surface area contributed by atoms with Crippen LogP contribution in [0.25, 0.3) is 0 Å². The Morgan fingerprint density at radius 2 is 1.95 bits per heavy atom. The topological polar surface area (TPSA) is 101 Å². The predicted octanol–water partition coefficient (Wildman–Crippen LogP) is 0.990. The molecule has 0 aliphatic heterocycles. The lowest BCUT2D eigenvalue weighted by atomic mass is 10.2. The Morgan fingerprint density at radius 3 is 2.52 bits per heavy atom. The van der Waals surface area contributed by atoms with Crippen LogP contribution in [0, 0.1) is 21.8 Å². The highest BCUT2D eigenvalue weighted by Gasteiger charge is 2.29. The number of nitro groups is 1. The highest BCUT2D eigenvalue weighted by Crippen LogP contribution is 2.28. The van der Waals surface area contributed by atoms with E-state index < -0.39 is 22.3 Å². The highest BCUT2D eigenvalue weighted by atomic mass is 19.1. The van der Waals surface area contributed by atoms with Gasteiger partial charge in [0.25, 0.3) is 5.91 Å². The maximum atomic E-state index is 13.4.